The molecule has 1 aliphatic rings. The van der Waals surface area contributed by atoms with Gasteiger partial charge in [0.1, 0.15) is 11.2 Å². The zero-order valence-corrected chi connectivity index (χ0v) is 27.5. The molecule has 0 N–H and O–H groups in total. The van der Waals surface area contributed by atoms with E-state index in [-0.39, 0.29) is 0 Å². The molecule has 10 rings (SSSR count). The highest BCUT2D eigenvalue weighted by Crippen LogP contribution is 2.56. The number of fused-ring (bicyclic) bond motifs is 7. The summed E-state index contributed by atoms with van der Waals surface area (Å²) in [5.41, 5.74) is 10.4. The smallest absolute Gasteiger partial charge is 0.137 e. The van der Waals surface area contributed by atoms with Crippen molar-refractivity contribution in [3.63, 3.8) is 0 Å². The van der Waals surface area contributed by atoms with Gasteiger partial charge in [-0.05, 0) is 92.7 Å². The van der Waals surface area contributed by atoms with E-state index in [2.05, 4.69) is 175 Å². The Labute approximate surface area is 289 Å². The van der Waals surface area contributed by atoms with Crippen LogP contribution in [0.1, 0.15) is 16.4 Å². The Hall–Kier alpha value is -5.77. The molecule has 0 bridgehead atoms. The third kappa shape index (κ3) is 4.65. The fraction of sp³-hybridized carbons (Fsp3) is 0.0435. The van der Waals surface area contributed by atoms with Crippen molar-refractivity contribution >= 4 is 72.3 Å². The van der Waals surface area contributed by atoms with Crippen molar-refractivity contribution in [3.05, 3.63) is 181 Å². The number of benzene rings is 8. The first-order valence-electron chi connectivity index (χ1n) is 16.8. The third-order valence-electron chi connectivity index (χ3n) is 9.95. The Morgan fingerprint density at radius 1 is 0.531 bits per heavy atom. The summed E-state index contributed by atoms with van der Waals surface area (Å²) in [7, 11) is 0. The van der Waals surface area contributed by atoms with Crippen molar-refractivity contribution < 1.29 is 4.42 Å². The summed E-state index contributed by atoms with van der Waals surface area (Å²) in [6.07, 6.45) is 0.959. The summed E-state index contributed by atoms with van der Waals surface area (Å²) in [5, 5.41) is 7.73. The monoisotopic (exact) mass is 645 g/mol. The molecule has 0 aliphatic carbocycles. The molecule has 0 saturated heterocycles. The lowest BCUT2D eigenvalue weighted by molar-refractivity contribution is 0.668. The Balaban J connectivity index is 1.19. The molecule has 0 saturated carbocycles. The van der Waals surface area contributed by atoms with Gasteiger partial charge in [-0.25, -0.2) is 0 Å². The summed E-state index contributed by atoms with van der Waals surface area (Å²) in [6.45, 7) is 0. The van der Waals surface area contributed by atoms with Gasteiger partial charge in [-0.3, -0.25) is 0 Å². The molecule has 2 heterocycles. The number of para-hydroxylation sites is 2. The average Bonchev–Trinajstić information content (AvgIpc) is 3.77. The van der Waals surface area contributed by atoms with E-state index in [1.807, 2.05) is 11.8 Å². The van der Waals surface area contributed by atoms with Crippen LogP contribution in [-0.4, -0.2) is 0 Å². The molecule has 3 heteroatoms. The van der Waals surface area contributed by atoms with Gasteiger partial charge in [0.15, 0.2) is 0 Å². The van der Waals surface area contributed by atoms with Crippen molar-refractivity contribution in [2.24, 2.45) is 0 Å². The van der Waals surface area contributed by atoms with Gasteiger partial charge in [0.2, 0.25) is 0 Å². The van der Waals surface area contributed by atoms with Crippen molar-refractivity contribution in [3.8, 4) is 11.1 Å². The molecule has 8 aromatic carbocycles. The van der Waals surface area contributed by atoms with Crippen LogP contribution in [0.15, 0.2) is 179 Å². The van der Waals surface area contributed by atoms with Crippen molar-refractivity contribution in [2.45, 2.75) is 16.6 Å². The van der Waals surface area contributed by atoms with Gasteiger partial charge < -0.3 is 9.32 Å². The van der Waals surface area contributed by atoms with E-state index in [0.717, 1.165) is 39.7 Å². The molecule has 1 aliphatic heterocycles. The van der Waals surface area contributed by atoms with Gasteiger partial charge >= 0.3 is 0 Å². The zero-order chi connectivity index (χ0) is 32.3. The van der Waals surface area contributed by atoms with E-state index in [4.69, 9.17) is 4.42 Å². The van der Waals surface area contributed by atoms with Crippen LogP contribution in [0.2, 0.25) is 0 Å². The number of furan rings is 1. The maximum absolute atomic E-state index is 6.60. The van der Waals surface area contributed by atoms with Crippen LogP contribution in [-0.2, 0) is 6.42 Å². The van der Waals surface area contributed by atoms with Crippen LogP contribution < -0.4 is 4.90 Å². The number of anilines is 3. The second-order valence-corrected chi connectivity index (χ2v) is 14.0. The van der Waals surface area contributed by atoms with Gasteiger partial charge in [-0.1, -0.05) is 127 Å². The second-order valence-electron chi connectivity index (χ2n) is 12.8. The molecule has 2 nitrogen and oxygen atoms in total. The largest absolute Gasteiger partial charge is 0.456 e. The first kappa shape index (κ1) is 28.3. The topological polar surface area (TPSA) is 16.4 Å². The third-order valence-corrected chi connectivity index (χ3v) is 11.4. The molecule has 0 radical (unpaired) electrons. The minimum absolute atomic E-state index is 0.342. The number of nitrogens with zero attached hydrogens (tertiary/aromatic N) is 1. The summed E-state index contributed by atoms with van der Waals surface area (Å²) in [4.78, 5) is 3.77. The molecule has 0 fully saturated rings. The molecular weight excluding hydrogens is 615 g/mol. The predicted octanol–water partition coefficient (Wildman–Crippen LogP) is 13.4. The molecule has 49 heavy (non-hydrogen) atoms. The average molecular weight is 646 g/mol. The maximum atomic E-state index is 6.60. The molecule has 232 valence electrons. The van der Waals surface area contributed by atoms with Crippen LogP contribution in [0.5, 0.6) is 0 Å². The van der Waals surface area contributed by atoms with Gasteiger partial charge in [0.25, 0.3) is 0 Å². The highest BCUT2D eigenvalue weighted by Gasteiger charge is 2.32. The SMILES string of the molecule is c1ccc(C2Cc3cc4oc5ccccc5c4c(N(c4ccccc4)c4ccc(-c5cc6ccccc6c6ccccc56)cc4)c3S2)cc1. The molecule has 1 aromatic heterocycles. The molecule has 0 spiro atoms. The number of hydrogen-bond donors (Lipinski definition) is 0. The Kier molecular flexibility index (Phi) is 6.60. The number of hydrogen-bond acceptors (Lipinski definition) is 3. The van der Waals surface area contributed by atoms with Crippen LogP contribution in [0.4, 0.5) is 17.1 Å². The first-order chi connectivity index (χ1) is 24.3. The fourth-order valence-electron chi connectivity index (χ4n) is 7.70. The summed E-state index contributed by atoms with van der Waals surface area (Å²) in [5.74, 6) is 0. The summed E-state index contributed by atoms with van der Waals surface area (Å²) < 4.78 is 6.60. The van der Waals surface area contributed by atoms with E-state index in [1.54, 1.807) is 0 Å². The van der Waals surface area contributed by atoms with Crippen LogP contribution in [0.25, 0.3) is 54.6 Å². The standard InChI is InChI=1S/C46H31NOS/c1-3-13-31(14-4-1)43-29-33-28-42-44(39-21-11-12-22-41(39)48-42)45(46(33)49-43)47(34-16-5-2-6-17-34)35-25-23-30(24-26-35)40-27-32-15-7-8-18-36(32)37-19-9-10-20-38(37)40/h1-28,43H,29H2. The van der Waals surface area contributed by atoms with Gasteiger partial charge in [-0.15, -0.1) is 11.8 Å². The van der Waals surface area contributed by atoms with Crippen molar-refractivity contribution in [2.75, 3.05) is 4.90 Å². The van der Waals surface area contributed by atoms with Gasteiger partial charge in [-0.2, -0.15) is 0 Å². The van der Waals surface area contributed by atoms with Crippen molar-refractivity contribution in [1.29, 1.82) is 0 Å². The maximum Gasteiger partial charge on any atom is 0.137 e. The minimum atomic E-state index is 0.342. The number of rotatable bonds is 5. The van der Waals surface area contributed by atoms with Crippen molar-refractivity contribution in [1.82, 2.24) is 0 Å². The predicted molar refractivity (Wildman–Crippen MR) is 208 cm³/mol. The van der Waals surface area contributed by atoms with E-state index in [9.17, 15) is 0 Å². The Morgan fingerprint density at radius 2 is 1.16 bits per heavy atom. The lowest BCUT2D eigenvalue weighted by Crippen LogP contribution is -2.11. The zero-order valence-electron chi connectivity index (χ0n) is 26.7. The molecule has 1 unspecified atom stereocenters. The molecular formula is C46H31NOS. The fourth-order valence-corrected chi connectivity index (χ4v) is 9.14. The van der Waals surface area contributed by atoms with E-state index >= 15 is 0 Å². The van der Waals surface area contributed by atoms with Crippen LogP contribution in [0, 0.1) is 0 Å². The van der Waals surface area contributed by atoms with Gasteiger partial charge in [0, 0.05) is 26.9 Å². The van der Waals surface area contributed by atoms with E-state index in [0.29, 0.717) is 5.25 Å². The molecule has 1 atom stereocenters. The summed E-state index contributed by atoms with van der Waals surface area (Å²) in [6, 6.07) is 61.4. The summed E-state index contributed by atoms with van der Waals surface area (Å²) >= 11 is 1.98. The van der Waals surface area contributed by atoms with E-state index in [1.165, 1.54) is 54.4 Å². The Morgan fingerprint density at radius 3 is 1.96 bits per heavy atom. The van der Waals surface area contributed by atoms with Crippen LogP contribution >= 0.6 is 11.8 Å². The minimum Gasteiger partial charge on any atom is -0.456 e. The van der Waals surface area contributed by atoms with Crippen LogP contribution in [0.3, 0.4) is 0 Å². The normalized spacial score (nSPS) is 14.2. The Bertz CT molecular complexity index is 2660. The number of thioether (sulfide) groups is 1. The van der Waals surface area contributed by atoms with E-state index < -0.39 is 0 Å². The lowest BCUT2D eigenvalue weighted by Gasteiger charge is -2.28. The van der Waals surface area contributed by atoms with Gasteiger partial charge in [0.05, 0.1) is 11.1 Å². The molecule has 0 amide bonds. The quantitative estimate of drug-likeness (QED) is 0.173. The highest BCUT2D eigenvalue weighted by atomic mass is 32.2. The highest BCUT2D eigenvalue weighted by molar-refractivity contribution is 8.00. The second kappa shape index (κ2) is 11.4. The lowest BCUT2D eigenvalue weighted by atomic mass is 9.93. The molecule has 9 aromatic rings. The first-order valence-corrected chi connectivity index (χ1v) is 17.7.